The molecule has 0 aliphatic heterocycles. The van der Waals surface area contributed by atoms with Crippen LogP contribution in [0.1, 0.15) is 6.92 Å². The largest absolute Gasteiger partial charge is 0.497 e. The molecule has 0 aliphatic carbocycles. The lowest BCUT2D eigenvalue weighted by Gasteiger charge is -2.11. The second-order valence-corrected chi connectivity index (χ2v) is 5.76. The number of sulfonamides is 1. The van der Waals surface area contributed by atoms with Crippen LogP contribution in [0.15, 0.2) is 23.1 Å². The van der Waals surface area contributed by atoms with Crippen LogP contribution in [0.4, 0.5) is 5.69 Å². The molecule has 0 spiro atoms. The molecule has 1 aromatic rings. The monoisotopic (exact) mass is 308 g/mol. The Bertz CT molecular complexity index is 575. The van der Waals surface area contributed by atoms with Gasteiger partial charge < -0.3 is 4.74 Å². The number of hydrogen-bond acceptors (Lipinski definition) is 5. The van der Waals surface area contributed by atoms with Gasteiger partial charge in [0, 0.05) is 11.9 Å². The molecule has 0 amide bonds. The Morgan fingerprint density at radius 3 is 2.63 bits per heavy atom. The number of rotatable bonds is 6. The minimum Gasteiger partial charge on any atom is -0.497 e. The molecule has 7 nitrogen and oxygen atoms in total. The fourth-order valence-electron chi connectivity index (χ4n) is 1.35. The van der Waals surface area contributed by atoms with E-state index in [1.54, 1.807) is 6.92 Å². The predicted octanol–water partition coefficient (Wildman–Crippen LogP) is 1.51. The van der Waals surface area contributed by atoms with E-state index in [0.717, 1.165) is 12.1 Å². The summed E-state index contributed by atoms with van der Waals surface area (Å²) < 4.78 is 31.1. The summed E-state index contributed by atoms with van der Waals surface area (Å²) in [7, 11) is -2.67. The maximum absolute atomic E-state index is 12.0. The van der Waals surface area contributed by atoms with Crippen LogP contribution >= 0.6 is 11.6 Å². The molecule has 0 fully saturated rings. The second-order valence-electron chi connectivity index (χ2n) is 3.77. The first-order valence-corrected chi connectivity index (χ1v) is 7.24. The van der Waals surface area contributed by atoms with Crippen LogP contribution in [0.25, 0.3) is 0 Å². The van der Waals surface area contributed by atoms with Crippen molar-refractivity contribution in [3.05, 3.63) is 28.3 Å². The molecule has 0 saturated carbocycles. The van der Waals surface area contributed by atoms with Crippen molar-refractivity contribution in [1.29, 1.82) is 0 Å². The molecule has 0 heterocycles. The number of hydrogen-bond donors (Lipinski definition) is 1. The second kappa shape index (κ2) is 6.18. The van der Waals surface area contributed by atoms with Crippen molar-refractivity contribution in [2.45, 2.75) is 17.9 Å². The third-order valence-corrected chi connectivity index (χ3v) is 4.34. The molecule has 19 heavy (non-hydrogen) atoms. The summed E-state index contributed by atoms with van der Waals surface area (Å²) in [6.07, 6.45) is 0. The normalized spacial score (nSPS) is 13.0. The SMILES string of the molecule is COc1ccc(S(=O)(=O)NC(C)CCl)c([N+](=O)[O-])c1. The number of benzene rings is 1. The molecule has 1 rings (SSSR count). The van der Waals surface area contributed by atoms with Gasteiger partial charge in [-0.1, -0.05) is 0 Å². The van der Waals surface area contributed by atoms with Crippen molar-refractivity contribution in [2.24, 2.45) is 0 Å². The van der Waals surface area contributed by atoms with E-state index >= 15 is 0 Å². The highest BCUT2D eigenvalue weighted by Crippen LogP contribution is 2.28. The lowest BCUT2D eigenvalue weighted by Crippen LogP contribution is -2.34. The van der Waals surface area contributed by atoms with Gasteiger partial charge in [-0.2, -0.15) is 0 Å². The van der Waals surface area contributed by atoms with Crippen LogP contribution in [0, 0.1) is 10.1 Å². The van der Waals surface area contributed by atoms with Crippen LogP contribution in [0.3, 0.4) is 0 Å². The van der Waals surface area contributed by atoms with Crippen LogP contribution in [0.5, 0.6) is 5.75 Å². The van der Waals surface area contributed by atoms with Crippen LogP contribution in [0.2, 0.25) is 0 Å². The lowest BCUT2D eigenvalue weighted by atomic mass is 10.3. The number of methoxy groups -OCH3 is 1. The summed E-state index contributed by atoms with van der Waals surface area (Å²) >= 11 is 5.51. The van der Waals surface area contributed by atoms with Gasteiger partial charge in [0.25, 0.3) is 5.69 Å². The highest BCUT2D eigenvalue weighted by Gasteiger charge is 2.27. The summed E-state index contributed by atoms with van der Waals surface area (Å²) in [5.41, 5.74) is -0.548. The molecule has 1 atom stereocenters. The molecule has 1 aromatic carbocycles. The number of alkyl halides is 1. The number of ether oxygens (including phenoxy) is 1. The zero-order valence-electron chi connectivity index (χ0n) is 10.3. The Kier molecular flexibility index (Phi) is 5.10. The Morgan fingerprint density at radius 2 is 2.16 bits per heavy atom. The minimum absolute atomic E-state index is 0.0587. The molecule has 106 valence electrons. The molecule has 0 aromatic heterocycles. The number of halogens is 1. The van der Waals surface area contributed by atoms with Crippen molar-refractivity contribution >= 4 is 27.3 Å². The van der Waals surface area contributed by atoms with E-state index in [9.17, 15) is 18.5 Å². The van der Waals surface area contributed by atoms with E-state index in [1.807, 2.05) is 0 Å². The van der Waals surface area contributed by atoms with Gasteiger partial charge >= 0.3 is 0 Å². The van der Waals surface area contributed by atoms with E-state index < -0.39 is 31.6 Å². The van der Waals surface area contributed by atoms with Crippen molar-refractivity contribution < 1.29 is 18.1 Å². The zero-order chi connectivity index (χ0) is 14.6. The highest BCUT2D eigenvalue weighted by atomic mass is 35.5. The quantitative estimate of drug-likeness (QED) is 0.488. The maximum atomic E-state index is 12.0. The molecular formula is C10H13ClN2O5S. The zero-order valence-corrected chi connectivity index (χ0v) is 11.9. The maximum Gasteiger partial charge on any atom is 0.293 e. The smallest absolute Gasteiger partial charge is 0.293 e. The number of nitrogens with one attached hydrogen (secondary N) is 1. The first kappa shape index (κ1) is 15.7. The molecule has 0 saturated heterocycles. The van der Waals surface area contributed by atoms with Gasteiger partial charge in [-0.3, -0.25) is 10.1 Å². The number of nitro groups is 1. The lowest BCUT2D eigenvalue weighted by molar-refractivity contribution is -0.387. The van der Waals surface area contributed by atoms with Crippen molar-refractivity contribution in [3.63, 3.8) is 0 Å². The Morgan fingerprint density at radius 1 is 1.53 bits per heavy atom. The molecule has 1 N–H and O–H groups in total. The van der Waals surface area contributed by atoms with Gasteiger partial charge in [0.15, 0.2) is 4.90 Å². The standard InChI is InChI=1S/C10H13ClN2O5S/c1-7(6-11)12-19(16,17)10-4-3-8(18-2)5-9(10)13(14)15/h3-5,7,12H,6H2,1-2H3. The van der Waals surface area contributed by atoms with Crippen LogP contribution in [-0.2, 0) is 10.0 Å². The molecule has 9 heteroatoms. The Balaban J connectivity index is 3.30. The van der Waals surface area contributed by atoms with Gasteiger partial charge in [-0.05, 0) is 19.1 Å². The number of nitrogens with zero attached hydrogens (tertiary/aromatic N) is 1. The molecular weight excluding hydrogens is 296 g/mol. The van der Waals surface area contributed by atoms with Gasteiger partial charge in [-0.25, -0.2) is 13.1 Å². The highest BCUT2D eigenvalue weighted by molar-refractivity contribution is 7.89. The van der Waals surface area contributed by atoms with Crippen molar-refractivity contribution in [3.8, 4) is 5.75 Å². The van der Waals surface area contributed by atoms with Gasteiger partial charge in [0.05, 0.1) is 18.1 Å². The summed E-state index contributed by atoms with van der Waals surface area (Å²) in [6.45, 7) is 1.56. The first-order valence-electron chi connectivity index (χ1n) is 5.22. The summed E-state index contributed by atoms with van der Waals surface area (Å²) in [5, 5.41) is 10.9. The predicted molar refractivity (Wildman–Crippen MR) is 70.2 cm³/mol. The topological polar surface area (TPSA) is 98.5 Å². The van der Waals surface area contributed by atoms with E-state index in [1.165, 1.54) is 13.2 Å². The van der Waals surface area contributed by atoms with Gasteiger partial charge in [-0.15, -0.1) is 11.6 Å². The average Bonchev–Trinajstić information content (AvgIpc) is 2.37. The fraction of sp³-hybridized carbons (Fsp3) is 0.400. The van der Waals surface area contributed by atoms with E-state index in [-0.39, 0.29) is 11.6 Å². The molecule has 0 radical (unpaired) electrons. The number of nitro benzene ring substituents is 1. The fourth-order valence-corrected chi connectivity index (χ4v) is 2.92. The average molecular weight is 309 g/mol. The van der Waals surface area contributed by atoms with E-state index in [4.69, 9.17) is 16.3 Å². The summed E-state index contributed by atoms with van der Waals surface area (Å²) in [5.74, 6) is 0.263. The molecule has 0 bridgehead atoms. The Labute approximate surface area is 115 Å². The van der Waals surface area contributed by atoms with Gasteiger partial charge in [0.1, 0.15) is 5.75 Å². The Hall–Kier alpha value is -1.38. The van der Waals surface area contributed by atoms with Crippen molar-refractivity contribution in [2.75, 3.05) is 13.0 Å². The van der Waals surface area contributed by atoms with E-state index in [2.05, 4.69) is 4.72 Å². The summed E-state index contributed by atoms with van der Waals surface area (Å²) in [6, 6.07) is 2.99. The van der Waals surface area contributed by atoms with E-state index in [0.29, 0.717) is 0 Å². The molecule has 1 unspecified atom stereocenters. The first-order chi connectivity index (χ1) is 8.81. The third-order valence-electron chi connectivity index (χ3n) is 2.24. The van der Waals surface area contributed by atoms with Crippen molar-refractivity contribution in [1.82, 2.24) is 4.72 Å². The van der Waals surface area contributed by atoms with Crippen LogP contribution < -0.4 is 9.46 Å². The minimum atomic E-state index is -4.00. The summed E-state index contributed by atoms with van der Waals surface area (Å²) in [4.78, 5) is 9.73. The third kappa shape index (κ3) is 3.79. The van der Waals surface area contributed by atoms with Crippen LogP contribution in [-0.4, -0.2) is 32.4 Å². The van der Waals surface area contributed by atoms with Gasteiger partial charge in [0.2, 0.25) is 10.0 Å². The molecule has 0 aliphatic rings.